The first kappa shape index (κ1) is 12.6. The minimum atomic E-state index is -0.183. The highest BCUT2D eigenvalue weighted by Gasteiger charge is 2.63. The third-order valence-electron chi connectivity index (χ3n) is 5.39. The molecule has 4 rings (SSSR count). The number of hydrogen-bond donors (Lipinski definition) is 2. The molecular formula is C14H21N2O4+. The highest BCUT2D eigenvalue weighted by atomic mass is 16.6. The molecule has 2 bridgehead atoms. The molecule has 4 fully saturated rings. The second-order valence-corrected chi connectivity index (χ2v) is 6.53. The molecule has 4 aliphatic rings. The van der Waals surface area contributed by atoms with Crippen LogP contribution >= 0.6 is 0 Å². The Balaban J connectivity index is 1.35. The van der Waals surface area contributed by atoms with E-state index in [0.29, 0.717) is 18.4 Å². The topological polar surface area (TPSA) is 69.1 Å². The van der Waals surface area contributed by atoms with Crippen molar-refractivity contribution in [1.29, 1.82) is 0 Å². The number of ether oxygens (including phenoxy) is 2. The number of quaternary nitrogens is 1. The van der Waals surface area contributed by atoms with E-state index < -0.39 is 0 Å². The molecule has 5 atom stereocenters. The van der Waals surface area contributed by atoms with Crippen LogP contribution in [0.3, 0.4) is 0 Å². The number of carbonyl (C=O) groups excluding carboxylic acids is 2. The third kappa shape index (κ3) is 1.93. The zero-order chi connectivity index (χ0) is 13.7. The van der Waals surface area contributed by atoms with E-state index >= 15 is 0 Å². The monoisotopic (exact) mass is 281 g/mol. The number of nitrogens with one attached hydrogen (secondary N) is 2. The Labute approximate surface area is 117 Å². The van der Waals surface area contributed by atoms with Crippen LogP contribution in [0.1, 0.15) is 12.8 Å². The largest absolute Gasteiger partial charge is 0.458 e. The van der Waals surface area contributed by atoms with Gasteiger partial charge in [0, 0.05) is 24.9 Å². The zero-order valence-electron chi connectivity index (χ0n) is 11.5. The molecule has 6 nitrogen and oxygen atoms in total. The second-order valence-electron chi connectivity index (χ2n) is 6.53. The van der Waals surface area contributed by atoms with Crippen LogP contribution in [0.25, 0.3) is 0 Å². The lowest BCUT2D eigenvalue weighted by Crippen LogP contribution is -3.15. The summed E-state index contributed by atoms with van der Waals surface area (Å²) in [4.78, 5) is 25.0. The molecule has 5 unspecified atom stereocenters. The number of fused-ring (bicyclic) bond motifs is 1. The maximum atomic E-state index is 12.1. The summed E-state index contributed by atoms with van der Waals surface area (Å²) in [6, 6.07) is 0. The van der Waals surface area contributed by atoms with Gasteiger partial charge in [0.2, 0.25) is 0 Å². The van der Waals surface area contributed by atoms with E-state index in [1.807, 2.05) is 0 Å². The highest BCUT2D eigenvalue weighted by Crippen LogP contribution is 2.55. The van der Waals surface area contributed by atoms with Gasteiger partial charge < -0.3 is 19.7 Å². The van der Waals surface area contributed by atoms with Gasteiger partial charge in [-0.3, -0.25) is 4.79 Å². The van der Waals surface area contributed by atoms with E-state index in [1.54, 1.807) is 0 Å². The number of carbonyl (C=O) groups is 2. The summed E-state index contributed by atoms with van der Waals surface area (Å²) in [5.41, 5.74) is 0. The van der Waals surface area contributed by atoms with E-state index in [4.69, 9.17) is 9.47 Å². The summed E-state index contributed by atoms with van der Waals surface area (Å²) in [7, 11) is 0. The van der Waals surface area contributed by atoms with Gasteiger partial charge in [0.1, 0.15) is 12.2 Å². The number of rotatable bonds is 3. The summed E-state index contributed by atoms with van der Waals surface area (Å²) < 4.78 is 11.1. The summed E-state index contributed by atoms with van der Waals surface area (Å²) in [5, 5.41) is 3.28. The van der Waals surface area contributed by atoms with Crippen molar-refractivity contribution in [3.05, 3.63) is 0 Å². The maximum absolute atomic E-state index is 12.1. The van der Waals surface area contributed by atoms with E-state index in [2.05, 4.69) is 5.32 Å². The fourth-order valence-corrected chi connectivity index (χ4v) is 4.42. The van der Waals surface area contributed by atoms with Gasteiger partial charge in [0.05, 0.1) is 19.0 Å². The second kappa shape index (κ2) is 4.70. The molecule has 0 aromatic rings. The predicted octanol–water partition coefficient (Wildman–Crippen LogP) is -2.03. The van der Waals surface area contributed by atoms with E-state index in [0.717, 1.165) is 39.0 Å². The number of piperazine rings is 1. The van der Waals surface area contributed by atoms with Gasteiger partial charge in [-0.2, -0.15) is 0 Å². The molecule has 110 valence electrons. The first-order chi connectivity index (χ1) is 9.72. The zero-order valence-corrected chi connectivity index (χ0v) is 11.5. The molecule has 2 aliphatic carbocycles. The summed E-state index contributed by atoms with van der Waals surface area (Å²) >= 11 is 0. The van der Waals surface area contributed by atoms with Crippen molar-refractivity contribution in [2.45, 2.75) is 25.0 Å². The van der Waals surface area contributed by atoms with E-state index in [1.165, 1.54) is 4.90 Å². The molecule has 6 heteroatoms. The van der Waals surface area contributed by atoms with Crippen LogP contribution in [0.15, 0.2) is 0 Å². The minimum Gasteiger partial charge on any atom is -0.458 e. The molecule has 2 heterocycles. The Bertz CT molecular complexity index is 435. The van der Waals surface area contributed by atoms with Crippen molar-refractivity contribution >= 4 is 11.9 Å². The van der Waals surface area contributed by atoms with Crippen LogP contribution in [0.2, 0.25) is 0 Å². The average molecular weight is 281 g/mol. The van der Waals surface area contributed by atoms with Gasteiger partial charge in [-0.05, 0) is 12.8 Å². The van der Waals surface area contributed by atoms with Crippen molar-refractivity contribution in [2.24, 2.45) is 17.8 Å². The fourth-order valence-electron chi connectivity index (χ4n) is 4.42. The lowest BCUT2D eigenvalue weighted by molar-refractivity contribution is -0.894. The predicted molar refractivity (Wildman–Crippen MR) is 67.9 cm³/mol. The van der Waals surface area contributed by atoms with Crippen LogP contribution < -0.4 is 10.2 Å². The third-order valence-corrected chi connectivity index (χ3v) is 5.39. The van der Waals surface area contributed by atoms with Crippen molar-refractivity contribution in [3.8, 4) is 0 Å². The van der Waals surface area contributed by atoms with Gasteiger partial charge in [-0.1, -0.05) is 0 Å². The SMILES string of the molecule is O=C(C[NH+]1CCNCC1)OC1C2CC3C(=O)OC1C3C2. The van der Waals surface area contributed by atoms with Gasteiger partial charge >= 0.3 is 11.9 Å². The molecule has 0 amide bonds. The molecule has 0 spiro atoms. The standard InChI is InChI=1S/C14H20N2O4/c17-11(7-16-3-1-15-2-4-16)19-12-8-5-9-10(6-8)14(18)20-13(9)12/h8-10,12-13,15H,1-7H2/p+1. The smallest absolute Gasteiger partial charge is 0.362 e. The molecule has 2 N–H and O–H groups in total. The van der Waals surface area contributed by atoms with Crippen LogP contribution in [0.5, 0.6) is 0 Å². The number of esters is 2. The molecule has 2 aliphatic heterocycles. The fraction of sp³-hybridized carbons (Fsp3) is 0.857. The summed E-state index contributed by atoms with van der Waals surface area (Å²) in [6.45, 7) is 4.27. The maximum Gasteiger partial charge on any atom is 0.362 e. The van der Waals surface area contributed by atoms with Gasteiger partial charge in [-0.25, -0.2) is 4.79 Å². The van der Waals surface area contributed by atoms with Gasteiger partial charge in [0.15, 0.2) is 6.54 Å². The van der Waals surface area contributed by atoms with Crippen LogP contribution in [0.4, 0.5) is 0 Å². The van der Waals surface area contributed by atoms with Gasteiger partial charge in [-0.15, -0.1) is 0 Å². The normalized spacial score (nSPS) is 42.8. The minimum absolute atomic E-state index is 0.0752. The van der Waals surface area contributed by atoms with Crippen molar-refractivity contribution in [1.82, 2.24) is 5.32 Å². The van der Waals surface area contributed by atoms with Crippen molar-refractivity contribution < 1.29 is 24.0 Å². The Morgan fingerprint density at radius 1 is 1.35 bits per heavy atom. The summed E-state index contributed by atoms with van der Waals surface area (Å²) in [6.07, 6.45) is 1.49. The first-order valence-corrected chi connectivity index (χ1v) is 7.66. The first-order valence-electron chi connectivity index (χ1n) is 7.66. The molecule has 0 radical (unpaired) electrons. The van der Waals surface area contributed by atoms with E-state index in [9.17, 15) is 9.59 Å². The Kier molecular flexibility index (Phi) is 2.96. The molecule has 2 saturated carbocycles. The molecule has 2 saturated heterocycles. The van der Waals surface area contributed by atoms with E-state index in [-0.39, 0.29) is 30.1 Å². The quantitative estimate of drug-likeness (QED) is 0.584. The molecule has 0 aromatic heterocycles. The molecular weight excluding hydrogens is 260 g/mol. The van der Waals surface area contributed by atoms with Crippen molar-refractivity contribution in [3.63, 3.8) is 0 Å². The number of hydrogen-bond acceptors (Lipinski definition) is 5. The Hall–Kier alpha value is -1.14. The highest BCUT2D eigenvalue weighted by molar-refractivity contribution is 5.77. The lowest BCUT2D eigenvalue weighted by Gasteiger charge is -2.27. The molecule has 0 aromatic carbocycles. The van der Waals surface area contributed by atoms with Gasteiger partial charge in [0.25, 0.3) is 0 Å². The summed E-state index contributed by atoms with van der Waals surface area (Å²) in [5.74, 6) is 0.506. The lowest BCUT2D eigenvalue weighted by atomic mass is 9.88. The average Bonchev–Trinajstić information content (AvgIpc) is 3.04. The Morgan fingerprint density at radius 3 is 2.95 bits per heavy atom. The van der Waals surface area contributed by atoms with Crippen LogP contribution in [0, 0.1) is 17.8 Å². The van der Waals surface area contributed by atoms with Crippen LogP contribution in [-0.2, 0) is 19.1 Å². The van der Waals surface area contributed by atoms with Crippen molar-refractivity contribution in [2.75, 3.05) is 32.7 Å². The Morgan fingerprint density at radius 2 is 2.15 bits per heavy atom. The molecule has 20 heavy (non-hydrogen) atoms. The van der Waals surface area contributed by atoms with Crippen LogP contribution in [-0.4, -0.2) is 56.9 Å².